The first-order chi connectivity index (χ1) is 11.1. The molecule has 8 heteroatoms. The van der Waals surface area contributed by atoms with Crippen LogP contribution in [0.1, 0.15) is 5.56 Å². The van der Waals surface area contributed by atoms with Crippen molar-refractivity contribution in [2.24, 2.45) is 0 Å². The van der Waals surface area contributed by atoms with E-state index in [4.69, 9.17) is 0 Å². The highest BCUT2D eigenvalue weighted by Crippen LogP contribution is 2.22. The van der Waals surface area contributed by atoms with E-state index < -0.39 is 4.92 Å². The summed E-state index contributed by atoms with van der Waals surface area (Å²) in [5.41, 5.74) is 2.14. The summed E-state index contributed by atoms with van der Waals surface area (Å²) in [7, 11) is 0. The number of nitro groups is 1. The van der Waals surface area contributed by atoms with Crippen molar-refractivity contribution in [3.05, 3.63) is 58.1 Å². The van der Waals surface area contributed by atoms with Gasteiger partial charge < -0.3 is 5.32 Å². The van der Waals surface area contributed by atoms with Gasteiger partial charge >= 0.3 is 0 Å². The highest BCUT2D eigenvalue weighted by molar-refractivity contribution is 5.92. The highest BCUT2D eigenvalue weighted by atomic mass is 16.6. The number of para-hydroxylation sites is 1. The molecule has 0 spiro atoms. The van der Waals surface area contributed by atoms with E-state index in [0.29, 0.717) is 11.2 Å². The summed E-state index contributed by atoms with van der Waals surface area (Å²) in [6.07, 6.45) is 0. The first-order valence-corrected chi connectivity index (χ1v) is 6.88. The number of amides is 1. The molecule has 116 valence electrons. The number of benzene rings is 2. The number of aromatic nitrogens is 3. The molecule has 0 atom stereocenters. The summed E-state index contributed by atoms with van der Waals surface area (Å²) in [6, 6.07) is 11.9. The number of non-ortho nitro benzene ring substituents is 1. The number of nitrogens with one attached hydrogen (secondary N) is 1. The number of hydrogen-bond acceptors (Lipinski definition) is 5. The Kier molecular flexibility index (Phi) is 3.71. The van der Waals surface area contributed by atoms with E-state index in [1.54, 1.807) is 18.2 Å². The molecule has 1 amide bonds. The van der Waals surface area contributed by atoms with Gasteiger partial charge in [0.05, 0.1) is 10.4 Å². The minimum atomic E-state index is -0.519. The van der Waals surface area contributed by atoms with Crippen LogP contribution in [-0.2, 0) is 11.3 Å². The smallest absolute Gasteiger partial charge is 0.299 e. The summed E-state index contributed by atoms with van der Waals surface area (Å²) in [4.78, 5) is 22.6. The Hall–Kier alpha value is -3.29. The molecule has 23 heavy (non-hydrogen) atoms. The molecule has 0 fully saturated rings. The molecule has 1 heterocycles. The van der Waals surface area contributed by atoms with Gasteiger partial charge in [-0.2, -0.15) is 0 Å². The van der Waals surface area contributed by atoms with Gasteiger partial charge in [-0.3, -0.25) is 14.9 Å². The van der Waals surface area contributed by atoms with E-state index in [-0.39, 0.29) is 23.7 Å². The third kappa shape index (κ3) is 2.86. The van der Waals surface area contributed by atoms with Gasteiger partial charge in [-0.1, -0.05) is 29.5 Å². The normalized spacial score (nSPS) is 10.7. The fraction of sp³-hybridized carbons (Fsp3) is 0.133. The molecule has 1 N–H and O–H groups in total. The Labute approximate surface area is 130 Å². The fourth-order valence-corrected chi connectivity index (χ4v) is 2.28. The van der Waals surface area contributed by atoms with E-state index in [9.17, 15) is 14.9 Å². The second-order valence-corrected chi connectivity index (χ2v) is 5.01. The zero-order chi connectivity index (χ0) is 16.4. The van der Waals surface area contributed by atoms with Crippen LogP contribution in [0.15, 0.2) is 42.5 Å². The monoisotopic (exact) mass is 311 g/mol. The molecule has 1 aromatic heterocycles. The Morgan fingerprint density at radius 1 is 1.26 bits per heavy atom. The quantitative estimate of drug-likeness (QED) is 0.588. The molecule has 0 saturated carbocycles. The lowest BCUT2D eigenvalue weighted by atomic mass is 10.2. The molecule has 0 unspecified atom stereocenters. The zero-order valence-electron chi connectivity index (χ0n) is 12.3. The van der Waals surface area contributed by atoms with Crippen LogP contribution in [0.2, 0.25) is 0 Å². The Balaban J connectivity index is 1.85. The van der Waals surface area contributed by atoms with Crippen LogP contribution in [0.3, 0.4) is 0 Å². The van der Waals surface area contributed by atoms with Crippen molar-refractivity contribution in [3.8, 4) is 0 Å². The van der Waals surface area contributed by atoms with Crippen LogP contribution in [-0.4, -0.2) is 25.8 Å². The van der Waals surface area contributed by atoms with Crippen molar-refractivity contribution in [2.75, 3.05) is 5.32 Å². The van der Waals surface area contributed by atoms with Crippen LogP contribution < -0.4 is 5.32 Å². The third-order valence-electron chi connectivity index (χ3n) is 3.43. The maximum atomic E-state index is 12.2. The fourth-order valence-electron chi connectivity index (χ4n) is 2.28. The van der Waals surface area contributed by atoms with Crippen LogP contribution in [0, 0.1) is 17.0 Å². The SMILES string of the molecule is Cc1ccccc1NC(=O)Cn1nnc2c([N+](=O)[O-])cccc21. The first-order valence-electron chi connectivity index (χ1n) is 6.88. The molecule has 0 radical (unpaired) electrons. The van der Waals surface area contributed by atoms with Crippen LogP contribution in [0.25, 0.3) is 11.0 Å². The van der Waals surface area contributed by atoms with Gasteiger partial charge in [0.1, 0.15) is 6.54 Å². The van der Waals surface area contributed by atoms with Crippen molar-refractivity contribution < 1.29 is 9.72 Å². The number of hydrogen-bond donors (Lipinski definition) is 1. The highest BCUT2D eigenvalue weighted by Gasteiger charge is 2.18. The number of carbonyl (C=O) groups excluding carboxylic acids is 1. The number of carbonyl (C=O) groups is 1. The lowest BCUT2D eigenvalue weighted by molar-refractivity contribution is -0.383. The lowest BCUT2D eigenvalue weighted by Crippen LogP contribution is -2.20. The van der Waals surface area contributed by atoms with E-state index in [1.807, 2.05) is 25.1 Å². The first kappa shape index (κ1) is 14.6. The number of rotatable bonds is 4. The van der Waals surface area contributed by atoms with Gasteiger partial charge in [-0.05, 0) is 24.6 Å². The van der Waals surface area contributed by atoms with Gasteiger partial charge in [0.15, 0.2) is 5.52 Å². The Morgan fingerprint density at radius 3 is 2.78 bits per heavy atom. The van der Waals surface area contributed by atoms with E-state index in [2.05, 4.69) is 15.6 Å². The van der Waals surface area contributed by atoms with Gasteiger partial charge in [0.2, 0.25) is 5.91 Å². The molecule has 0 aliphatic rings. The van der Waals surface area contributed by atoms with Crippen molar-refractivity contribution in [1.29, 1.82) is 0 Å². The molecular formula is C15H13N5O3. The molecule has 2 aromatic carbocycles. The van der Waals surface area contributed by atoms with Crippen molar-refractivity contribution in [3.63, 3.8) is 0 Å². The average molecular weight is 311 g/mol. The maximum absolute atomic E-state index is 12.2. The number of fused-ring (bicyclic) bond motifs is 1. The third-order valence-corrected chi connectivity index (χ3v) is 3.43. The van der Waals surface area contributed by atoms with E-state index in [1.165, 1.54) is 10.7 Å². The molecule has 3 rings (SSSR count). The number of nitro benzene ring substituents is 1. The van der Waals surface area contributed by atoms with E-state index >= 15 is 0 Å². The topological polar surface area (TPSA) is 103 Å². The zero-order valence-corrected chi connectivity index (χ0v) is 12.3. The molecule has 0 aliphatic carbocycles. The standard InChI is InChI=1S/C15H13N5O3/c1-10-5-2-3-6-11(10)16-14(21)9-19-12-7-4-8-13(20(22)23)15(12)17-18-19/h2-8H,9H2,1H3,(H,16,21). The van der Waals surface area contributed by atoms with Gasteiger partial charge in [0.25, 0.3) is 5.69 Å². The largest absolute Gasteiger partial charge is 0.324 e. The maximum Gasteiger partial charge on any atom is 0.299 e. The lowest BCUT2D eigenvalue weighted by Gasteiger charge is -2.08. The molecular weight excluding hydrogens is 298 g/mol. The number of anilines is 1. The molecule has 8 nitrogen and oxygen atoms in total. The average Bonchev–Trinajstić information content (AvgIpc) is 2.92. The Morgan fingerprint density at radius 2 is 2.04 bits per heavy atom. The van der Waals surface area contributed by atoms with Crippen molar-refractivity contribution in [1.82, 2.24) is 15.0 Å². The summed E-state index contributed by atoms with van der Waals surface area (Å²) in [5, 5.41) is 21.4. The van der Waals surface area contributed by atoms with Crippen LogP contribution in [0.5, 0.6) is 0 Å². The summed E-state index contributed by atoms with van der Waals surface area (Å²) < 4.78 is 1.34. The van der Waals surface area contributed by atoms with E-state index in [0.717, 1.165) is 5.56 Å². The van der Waals surface area contributed by atoms with Crippen molar-refractivity contribution >= 4 is 28.3 Å². The molecule has 3 aromatic rings. The van der Waals surface area contributed by atoms with Crippen molar-refractivity contribution in [2.45, 2.75) is 13.5 Å². The van der Waals surface area contributed by atoms with Gasteiger partial charge in [-0.15, -0.1) is 5.10 Å². The predicted molar refractivity (Wildman–Crippen MR) is 84.0 cm³/mol. The minimum absolute atomic E-state index is 0.0774. The Bertz CT molecular complexity index is 903. The minimum Gasteiger partial charge on any atom is -0.324 e. The second-order valence-electron chi connectivity index (χ2n) is 5.01. The molecule has 0 bridgehead atoms. The van der Waals surface area contributed by atoms with Crippen LogP contribution >= 0.6 is 0 Å². The predicted octanol–water partition coefficient (Wildman–Crippen LogP) is 2.29. The second kappa shape index (κ2) is 5.84. The molecule has 0 saturated heterocycles. The summed E-state index contributed by atoms with van der Waals surface area (Å²) >= 11 is 0. The van der Waals surface area contributed by atoms with Crippen LogP contribution in [0.4, 0.5) is 11.4 Å². The summed E-state index contributed by atoms with van der Waals surface area (Å²) in [6.45, 7) is 1.82. The van der Waals surface area contributed by atoms with Gasteiger partial charge in [-0.25, -0.2) is 4.68 Å². The summed E-state index contributed by atoms with van der Waals surface area (Å²) in [5.74, 6) is -0.280. The number of aryl methyl sites for hydroxylation is 1. The number of nitrogens with zero attached hydrogens (tertiary/aromatic N) is 4. The molecule has 0 aliphatic heterocycles. The van der Waals surface area contributed by atoms with Gasteiger partial charge in [0, 0.05) is 11.8 Å².